The number of para-hydroxylation sites is 1. The van der Waals surface area contributed by atoms with Gasteiger partial charge in [0.25, 0.3) is 0 Å². The summed E-state index contributed by atoms with van der Waals surface area (Å²) in [6, 6.07) is 6.63. The first-order chi connectivity index (χ1) is 13.0. The van der Waals surface area contributed by atoms with Crippen LogP contribution in [-0.4, -0.2) is 59.6 Å². The zero-order chi connectivity index (χ0) is 19.2. The van der Waals surface area contributed by atoms with Gasteiger partial charge in [0.05, 0.1) is 6.54 Å². The fraction of sp³-hybridized carbons (Fsp3) is 0.619. The Labute approximate surface area is 168 Å². The van der Waals surface area contributed by atoms with Crippen LogP contribution < -0.4 is 10.6 Å². The Morgan fingerprint density at radius 1 is 1.07 bits per heavy atom. The van der Waals surface area contributed by atoms with E-state index in [9.17, 15) is 4.79 Å². The molecule has 2 N–H and O–H groups in total. The Morgan fingerprint density at radius 3 is 2.33 bits per heavy atom. The molecule has 1 heterocycles. The highest BCUT2D eigenvalue weighted by molar-refractivity contribution is 7.80. The Morgan fingerprint density at radius 2 is 1.70 bits per heavy atom. The summed E-state index contributed by atoms with van der Waals surface area (Å²) in [6.45, 7) is 8.00. The van der Waals surface area contributed by atoms with E-state index in [0.717, 1.165) is 48.1 Å². The summed E-state index contributed by atoms with van der Waals surface area (Å²) in [6.07, 6.45) is 6.44. The molecule has 0 aromatic heterocycles. The molecule has 1 saturated heterocycles. The third-order valence-electron chi connectivity index (χ3n) is 5.71. The van der Waals surface area contributed by atoms with Gasteiger partial charge in [-0.25, -0.2) is 0 Å². The minimum Gasteiger partial charge on any atom is -0.360 e. The second kappa shape index (κ2) is 9.51. The second-order valence-corrected chi connectivity index (χ2v) is 8.25. The van der Waals surface area contributed by atoms with Gasteiger partial charge in [-0.3, -0.25) is 9.69 Å². The van der Waals surface area contributed by atoms with Crippen molar-refractivity contribution in [2.75, 3.05) is 38.0 Å². The normalized spacial score (nSPS) is 19.0. The lowest BCUT2D eigenvalue weighted by molar-refractivity contribution is -0.117. The standard InChI is InChI=1S/C21H32N4OS/c1-16-7-6-8-17(2)20(16)23-19(26)15-24-11-13-25(14-12-24)21(27)22-18-9-4-3-5-10-18/h6-8,18H,3-5,9-15H2,1-2H3,(H,22,27)(H,23,26). The summed E-state index contributed by atoms with van der Waals surface area (Å²) in [4.78, 5) is 16.9. The number of hydrogen-bond donors (Lipinski definition) is 2. The highest BCUT2D eigenvalue weighted by Gasteiger charge is 2.23. The quantitative estimate of drug-likeness (QED) is 0.777. The molecule has 1 amide bonds. The van der Waals surface area contributed by atoms with E-state index >= 15 is 0 Å². The highest BCUT2D eigenvalue weighted by Crippen LogP contribution is 2.20. The molecule has 27 heavy (non-hydrogen) atoms. The predicted molar refractivity (Wildman–Crippen MR) is 115 cm³/mol. The summed E-state index contributed by atoms with van der Waals surface area (Å²) in [7, 11) is 0. The number of hydrogen-bond acceptors (Lipinski definition) is 3. The minimum absolute atomic E-state index is 0.0590. The van der Waals surface area contributed by atoms with Gasteiger partial charge in [0.2, 0.25) is 5.91 Å². The predicted octanol–water partition coefficient (Wildman–Crippen LogP) is 3.07. The van der Waals surface area contributed by atoms with E-state index in [1.54, 1.807) is 0 Å². The summed E-state index contributed by atoms with van der Waals surface area (Å²) in [5.74, 6) is 0.0590. The van der Waals surface area contributed by atoms with Crippen LogP contribution in [-0.2, 0) is 4.79 Å². The minimum atomic E-state index is 0.0590. The molecule has 0 spiro atoms. The zero-order valence-electron chi connectivity index (χ0n) is 16.6. The molecule has 2 fully saturated rings. The number of carbonyl (C=O) groups excluding carboxylic acids is 1. The number of nitrogens with one attached hydrogen (secondary N) is 2. The van der Waals surface area contributed by atoms with Crippen LogP contribution >= 0.6 is 12.2 Å². The molecule has 0 radical (unpaired) electrons. The highest BCUT2D eigenvalue weighted by atomic mass is 32.1. The molecule has 1 aliphatic carbocycles. The Kier molecular flexibility index (Phi) is 7.07. The van der Waals surface area contributed by atoms with Crippen LogP contribution in [0.1, 0.15) is 43.2 Å². The van der Waals surface area contributed by atoms with Crippen molar-refractivity contribution in [3.05, 3.63) is 29.3 Å². The van der Waals surface area contributed by atoms with Crippen LogP contribution in [0.3, 0.4) is 0 Å². The number of piperazine rings is 1. The maximum atomic E-state index is 12.5. The molecule has 1 aliphatic heterocycles. The van der Waals surface area contributed by atoms with Crippen molar-refractivity contribution in [3.8, 4) is 0 Å². The fourth-order valence-corrected chi connectivity index (χ4v) is 4.36. The summed E-state index contributed by atoms with van der Waals surface area (Å²) in [5.41, 5.74) is 3.15. The van der Waals surface area contributed by atoms with Crippen molar-refractivity contribution in [2.24, 2.45) is 0 Å². The fourth-order valence-electron chi connectivity index (χ4n) is 4.02. The van der Waals surface area contributed by atoms with Crippen molar-refractivity contribution in [1.82, 2.24) is 15.1 Å². The summed E-state index contributed by atoms with van der Waals surface area (Å²) in [5, 5.41) is 7.52. The maximum absolute atomic E-state index is 12.5. The van der Waals surface area contributed by atoms with Gasteiger partial charge in [-0.1, -0.05) is 37.5 Å². The number of benzene rings is 1. The Bertz CT molecular complexity index is 644. The molecule has 0 atom stereocenters. The van der Waals surface area contributed by atoms with Gasteiger partial charge in [-0.05, 0) is 50.0 Å². The van der Waals surface area contributed by atoms with Crippen LogP contribution in [0.2, 0.25) is 0 Å². The van der Waals surface area contributed by atoms with E-state index in [1.807, 2.05) is 32.0 Å². The third-order valence-corrected chi connectivity index (χ3v) is 6.08. The van der Waals surface area contributed by atoms with Crippen LogP contribution in [0.5, 0.6) is 0 Å². The van der Waals surface area contributed by atoms with Crippen molar-refractivity contribution in [3.63, 3.8) is 0 Å². The number of carbonyl (C=O) groups is 1. The van der Waals surface area contributed by atoms with Crippen LogP contribution in [0.25, 0.3) is 0 Å². The van der Waals surface area contributed by atoms with Crippen molar-refractivity contribution in [2.45, 2.75) is 52.0 Å². The van der Waals surface area contributed by atoms with Gasteiger partial charge >= 0.3 is 0 Å². The lowest BCUT2D eigenvalue weighted by Crippen LogP contribution is -2.54. The smallest absolute Gasteiger partial charge is 0.238 e. The molecule has 6 heteroatoms. The number of nitrogens with zero attached hydrogens (tertiary/aromatic N) is 2. The Balaban J connectivity index is 1.42. The molecule has 148 valence electrons. The molecule has 1 aromatic rings. The summed E-state index contributed by atoms with van der Waals surface area (Å²) < 4.78 is 0. The van der Waals surface area contributed by atoms with Crippen molar-refractivity contribution < 1.29 is 4.79 Å². The average Bonchev–Trinajstić information content (AvgIpc) is 2.66. The first-order valence-corrected chi connectivity index (χ1v) is 10.6. The number of rotatable bonds is 4. The molecule has 0 bridgehead atoms. The number of anilines is 1. The first kappa shape index (κ1) is 20.1. The molecule has 1 aromatic carbocycles. The second-order valence-electron chi connectivity index (χ2n) is 7.86. The van der Waals surface area contributed by atoms with Crippen molar-refractivity contribution in [1.29, 1.82) is 0 Å². The lowest BCUT2D eigenvalue weighted by Gasteiger charge is -2.37. The van der Waals surface area contributed by atoms with E-state index in [2.05, 4.69) is 20.4 Å². The number of thiocarbonyl (C=S) groups is 1. The van der Waals surface area contributed by atoms with E-state index in [1.165, 1.54) is 32.1 Å². The largest absolute Gasteiger partial charge is 0.360 e. The lowest BCUT2D eigenvalue weighted by atomic mass is 9.96. The molecule has 2 aliphatic rings. The van der Waals surface area contributed by atoms with Crippen LogP contribution in [0.15, 0.2) is 18.2 Å². The molecule has 0 unspecified atom stereocenters. The van der Waals surface area contributed by atoms with E-state index in [0.29, 0.717) is 12.6 Å². The van der Waals surface area contributed by atoms with Gasteiger partial charge in [-0.15, -0.1) is 0 Å². The average molecular weight is 389 g/mol. The summed E-state index contributed by atoms with van der Waals surface area (Å²) >= 11 is 5.61. The van der Waals surface area contributed by atoms with E-state index in [4.69, 9.17) is 12.2 Å². The van der Waals surface area contributed by atoms with Crippen LogP contribution in [0, 0.1) is 13.8 Å². The van der Waals surface area contributed by atoms with Crippen molar-refractivity contribution >= 4 is 28.9 Å². The topological polar surface area (TPSA) is 47.6 Å². The first-order valence-electron chi connectivity index (χ1n) is 10.2. The zero-order valence-corrected chi connectivity index (χ0v) is 17.4. The van der Waals surface area contributed by atoms with E-state index in [-0.39, 0.29) is 5.91 Å². The van der Waals surface area contributed by atoms with E-state index < -0.39 is 0 Å². The molecular formula is C21H32N4OS. The number of amides is 1. The Hall–Kier alpha value is -1.66. The third kappa shape index (κ3) is 5.66. The van der Waals surface area contributed by atoms with Gasteiger partial charge < -0.3 is 15.5 Å². The molecule has 1 saturated carbocycles. The molecular weight excluding hydrogens is 356 g/mol. The SMILES string of the molecule is Cc1cccc(C)c1NC(=O)CN1CCN(C(=S)NC2CCCCC2)CC1. The van der Waals surface area contributed by atoms with Gasteiger partial charge in [0.15, 0.2) is 5.11 Å². The van der Waals surface area contributed by atoms with Gasteiger partial charge in [-0.2, -0.15) is 0 Å². The number of aryl methyl sites for hydroxylation is 2. The van der Waals surface area contributed by atoms with Gasteiger partial charge in [0.1, 0.15) is 0 Å². The van der Waals surface area contributed by atoms with Crippen LogP contribution in [0.4, 0.5) is 5.69 Å². The maximum Gasteiger partial charge on any atom is 0.238 e. The molecule has 5 nitrogen and oxygen atoms in total. The monoisotopic (exact) mass is 388 g/mol. The molecule has 3 rings (SSSR count). The van der Waals surface area contributed by atoms with Gasteiger partial charge in [0, 0.05) is 37.9 Å².